The molecule has 0 amide bonds. The van der Waals surface area contributed by atoms with Crippen LogP contribution in [0.25, 0.3) is 0 Å². The number of anilines is 3. The molecule has 4 nitrogen and oxygen atoms in total. The van der Waals surface area contributed by atoms with Gasteiger partial charge in [0.25, 0.3) is 0 Å². The zero-order chi connectivity index (χ0) is 12.8. The van der Waals surface area contributed by atoms with E-state index in [0.717, 1.165) is 23.6 Å². The van der Waals surface area contributed by atoms with Crippen LogP contribution in [0.5, 0.6) is 5.75 Å². The minimum atomic E-state index is 0.261. The van der Waals surface area contributed by atoms with Gasteiger partial charge >= 0.3 is 0 Å². The van der Waals surface area contributed by atoms with Crippen LogP contribution in [0.3, 0.4) is 0 Å². The van der Waals surface area contributed by atoms with Crippen LogP contribution in [-0.2, 0) is 0 Å². The van der Waals surface area contributed by atoms with Gasteiger partial charge in [-0.3, -0.25) is 0 Å². The minimum absolute atomic E-state index is 0.261. The molecule has 0 aliphatic carbocycles. The molecule has 0 heterocycles. The summed E-state index contributed by atoms with van der Waals surface area (Å²) in [4.78, 5) is 0. The molecular weight excluding hydrogens is 226 g/mol. The predicted molar refractivity (Wildman–Crippen MR) is 75.9 cm³/mol. The van der Waals surface area contributed by atoms with Gasteiger partial charge in [0.05, 0.1) is 17.1 Å². The van der Waals surface area contributed by atoms with Crippen molar-refractivity contribution in [1.82, 2.24) is 0 Å². The lowest BCUT2D eigenvalue weighted by Crippen LogP contribution is -2.14. The van der Waals surface area contributed by atoms with Crippen molar-refractivity contribution in [3.8, 4) is 5.75 Å². The maximum atomic E-state index is 9.57. The van der Waals surface area contributed by atoms with E-state index in [0.29, 0.717) is 6.54 Å². The Morgan fingerprint density at radius 1 is 0.833 bits per heavy atom. The molecule has 4 heteroatoms. The normalized spacial score (nSPS) is 10.0. The van der Waals surface area contributed by atoms with Crippen LogP contribution in [0, 0.1) is 0 Å². The van der Waals surface area contributed by atoms with Gasteiger partial charge in [0, 0.05) is 13.1 Å². The third kappa shape index (κ3) is 3.07. The Balaban J connectivity index is 1.80. The molecule has 0 unspecified atom stereocenters. The van der Waals surface area contributed by atoms with Gasteiger partial charge in [-0.15, -0.1) is 0 Å². The highest BCUT2D eigenvalue weighted by atomic mass is 16.3. The molecule has 94 valence electrons. The highest BCUT2D eigenvalue weighted by molar-refractivity contribution is 5.65. The fourth-order valence-electron chi connectivity index (χ4n) is 1.68. The van der Waals surface area contributed by atoms with E-state index in [1.165, 1.54) is 0 Å². The summed E-state index contributed by atoms with van der Waals surface area (Å²) in [5, 5.41) is 16.0. The quantitative estimate of drug-likeness (QED) is 0.370. The van der Waals surface area contributed by atoms with Gasteiger partial charge in [0.1, 0.15) is 5.75 Å². The minimum Gasteiger partial charge on any atom is -0.506 e. The molecule has 0 aliphatic heterocycles. The number of phenols is 1. The number of hydrogen-bond donors (Lipinski definition) is 4. The number of hydrogen-bond acceptors (Lipinski definition) is 4. The first kappa shape index (κ1) is 12.1. The monoisotopic (exact) mass is 243 g/mol. The van der Waals surface area contributed by atoms with E-state index in [2.05, 4.69) is 10.6 Å². The maximum absolute atomic E-state index is 9.57. The smallest absolute Gasteiger partial charge is 0.138 e. The van der Waals surface area contributed by atoms with Crippen molar-refractivity contribution in [2.24, 2.45) is 0 Å². The maximum Gasteiger partial charge on any atom is 0.138 e. The van der Waals surface area contributed by atoms with Gasteiger partial charge in [-0.25, -0.2) is 0 Å². The van der Waals surface area contributed by atoms with Crippen LogP contribution in [0.1, 0.15) is 0 Å². The van der Waals surface area contributed by atoms with Crippen LogP contribution in [0.2, 0.25) is 0 Å². The van der Waals surface area contributed by atoms with Crippen LogP contribution < -0.4 is 16.4 Å². The second-order valence-corrected chi connectivity index (χ2v) is 3.96. The molecule has 0 saturated heterocycles. The van der Waals surface area contributed by atoms with E-state index < -0.39 is 0 Å². The van der Waals surface area contributed by atoms with Gasteiger partial charge in [0.15, 0.2) is 0 Å². The highest BCUT2D eigenvalue weighted by Crippen LogP contribution is 2.21. The first-order chi connectivity index (χ1) is 8.77. The van der Waals surface area contributed by atoms with Gasteiger partial charge in [0.2, 0.25) is 0 Å². The summed E-state index contributed by atoms with van der Waals surface area (Å²) in [5.41, 5.74) is 8.22. The Morgan fingerprint density at radius 2 is 1.39 bits per heavy atom. The fourth-order valence-corrected chi connectivity index (χ4v) is 1.68. The van der Waals surface area contributed by atoms with Crippen LogP contribution in [0.4, 0.5) is 17.1 Å². The number of benzene rings is 2. The van der Waals surface area contributed by atoms with Crippen LogP contribution in [-0.4, -0.2) is 18.2 Å². The fraction of sp³-hybridized carbons (Fsp3) is 0.143. The van der Waals surface area contributed by atoms with E-state index in [1.54, 1.807) is 12.1 Å². The number of para-hydroxylation sites is 4. The number of aromatic hydroxyl groups is 1. The first-order valence-corrected chi connectivity index (χ1v) is 5.87. The second kappa shape index (κ2) is 5.82. The van der Waals surface area contributed by atoms with Crippen LogP contribution in [0.15, 0.2) is 48.5 Å². The summed E-state index contributed by atoms with van der Waals surface area (Å²) >= 11 is 0. The van der Waals surface area contributed by atoms with Gasteiger partial charge in [-0.05, 0) is 24.3 Å². The molecule has 0 bridgehead atoms. The van der Waals surface area contributed by atoms with Crippen molar-refractivity contribution in [3.63, 3.8) is 0 Å². The average molecular weight is 243 g/mol. The Labute approximate surface area is 106 Å². The number of rotatable bonds is 5. The first-order valence-electron chi connectivity index (χ1n) is 5.87. The molecule has 0 aliphatic rings. The third-order valence-electron chi connectivity index (χ3n) is 2.62. The second-order valence-electron chi connectivity index (χ2n) is 3.96. The van der Waals surface area contributed by atoms with Crippen molar-refractivity contribution in [1.29, 1.82) is 0 Å². The van der Waals surface area contributed by atoms with E-state index in [1.807, 2.05) is 36.4 Å². The Morgan fingerprint density at radius 3 is 2.06 bits per heavy atom. The van der Waals surface area contributed by atoms with Gasteiger partial charge < -0.3 is 21.5 Å². The molecule has 0 saturated carbocycles. The molecule has 2 aromatic rings. The lowest BCUT2D eigenvalue weighted by atomic mass is 10.2. The zero-order valence-corrected chi connectivity index (χ0v) is 10.1. The lowest BCUT2D eigenvalue weighted by molar-refractivity contribution is 0.477. The molecule has 18 heavy (non-hydrogen) atoms. The van der Waals surface area contributed by atoms with E-state index in [-0.39, 0.29) is 5.75 Å². The van der Waals surface area contributed by atoms with Crippen molar-refractivity contribution in [2.75, 3.05) is 29.5 Å². The third-order valence-corrected chi connectivity index (χ3v) is 2.62. The molecule has 0 atom stereocenters. The molecule has 0 fully saturated rings. The Hall–Kier alpha value is -2.36. The highest BCUT2D eigenvalue weighted by Gasteiger charge is 1.98. The van der Waals surface area contributed by atoms with E-state index in [4.69, 9.17) is 5.73 Å². The van der Waals surface area contributed by atoms with Crippen molar-refractivity contribution >= 4 is 17.1 Å². The summed E-state index contributed by atoms with van der Waals surface area (Å²) in [6.45, 7) is 1.43. The predicted octanol–water partition coefficient (Wildman–Crippen LogP) is 2.50. The summed E-state index contributed by atoms with van der Waals surface area (Å²) in [5.74, 6) is 0.261. The molecule has 2 aromatic carbocycles. The van der Waals surface area contributed by atoms with Crippen molar-refractivity contribution in [2.45, 2.75) is 0 Å². The number of nitrogens with two attached hydrogens (primary N) is 1. The average Bonchev–Trinajstić information content (AvgIpc) is 2.38. The molecular formula is C14H17N3O. The topological polar surface area (TPSA) is 70.3 Å². The van der Waals surface area contributed by atoms with E-state index >= 15 is 0 Å². The molecule has 5 N–H and O–H groups in total. The summed E-state index contributed by atoms with van der Waals surface area (Å²) < 4.78 is 0. The molecule has 0 radical (unpaired) electrons. The van der Waals surface area contributed by atoms with Crippen molar-refractivity contribution in [3.05, 3.63) is 48.5 Å². The number of phenolic OH excluding ortho intramolecular Hbond substituents is 1. The van der Waals surface area contributed by atoms with Gasteiger partial charge in [-0.1, -0.05) is 24.3 Å². The summed E-state index contributed by atoms with van der Waals surface area (Å²) in [7, 11) is 0. The van der Waals surface area contributed by atoms with Gasteiger partial charge in [-0.2, -0.15) is 0 Å². The zero-order valence-electron chi connectivity index (χ0n) is 10.1. The Kier molecular flexibility index (Phi) is 3.91. The lowest BCUT2D eigenvalue weighted by Gasteiger charge is -2.11. The standard InChI is InChI=1S/C14H17N3O/c15-11-5-1-2-6-12(11)16-9-10-17-13-7-3-4-8-14(13)18/h1-8,16-18H,9-10,15H2. The Bertz CT molecular complexity index is 466. The van der Waals surface area contributed by atoms with Crippen molar-refractivity contribution < 1.29 is 5.11 Å². The number of nitrogen functional groups attached to an aromatic ring is 1. The SMILES string of the molecule is Nc1ccccc1NCCNc1ccccc1O. The molecule has 0 aromatic heterocycles. The summed E-state index contributed by atoms with van der Waals surface area (Å²) in [6.07, 6.45) is 0. The number of nitrogens with one attached hydrogen (secondary N) is 2. The molecule has 0 spiro atoms. The largest absolute Gasteiger partial charge is 0.506 e. The molecule has 2 rings (SSSR count). The summed E-state index contributed by atoms with van der Waals surface area (Å²) in [6, 6.07) is 14.8. The van der Waals surface area contributed by atoms with E-state index in [9.17, 15) is 5.11 Å². The van der Waals surface area contributed by atoms with Crippen LogP contribution >= 0.6 is 0 Å².